The molecule has 2 nitrogen and oxygen atoms in total. The van der Waals surface area contributed by atoms with Crippen LogP contribution in [0.2, 0.25) is 0 Å². The SMILES string of the molecule is CC(C)C(Br)C(=O)OCc1ccccc1. The van der Waals surface area contributed by atoms with Gasteiger partial charge in [-0.05, 0) is 11.5 Å². The van der Waals surface area contributed by atoms with E-state index in [1.165, 1.54) is 0 Å². The van der Waals surface area contributed by atoms with E-state index < -0.39 is 0 Å². The highest BCUT2D eigenvalue weighted by atomic mass is 79.9. The summed E-state index contributed by atoms with van der Waals surface area (Å²) in [6.45, 7) is 4.29. The largest absolute Gasteiger partial charge is 0.460 e. The second kappa shape index (κ2) is 5.91. The number of hydrogen-bond acceptors (Lipinski definition) is 2. The molecule has 0 bridgehead atoms. The molecule has 0 aliphatic heterocycles. The van der Waals surface area contributed by atoms with Crippen LogP contribution in [0, 0.1) is 5.92 Å². The van der Waals surface area contributed by atoms with E-state index in [0.717, 1.165) is 5.56 Å². The van der Waals surface area contributed by atoms with Gasteiger partial charge in [-0.2, -0.15) is 0 Å². The van der Waals surface area contributed by atoms with Crippen molar-refractivity contribution in [3.63, 3.8) is 0 Å². The fourth-order valence-electron chi connectivity index (χ4n) is 1.08. The van der Waals surface area contributed by atoms with Crippen LogP contribution in [-0.2, 0) is 16.1 Å². The van der Waals surface area contributed by atoms with Crippen molar-refractivity contribution in [2.75, 3.05) is 0 Å². The van der Waals surface area contributed by atoms with Crippen LogP contribution in [0.25, 0.3) is 0 Å². The predicted molar refractivity (Wildman–Crippen MR) is 63.8 cm³/mol. The fraction of sp³-hybridized carbons (Fsp3) is 0.417. The van der Waals surface area contributed by atoms with Crippen molar-refractivity contribution in [1.82, 2.24) is 0 Å². The van der Waals surface area contributed by atoms with Crippen molar-refractivity contribution in [3.05, 3.63) is 35.9 Å². The first-order valence-corrected chi connectivity index (χ1v) is 5.87. The summed E-state index contributed by atoms with van der Waals surface area (Å²) in [4.78, 5) is 11.3. The molecule has 0 saturated carbocycles. The number of esters is 1. The molecule has 0 radical (unpaired) electrons. The Morgan fingerprint density at radius 1 is 1.33 bits per heavy atom. The maximum Gasteiger partial charge on any atom is 0.320 e. The van der Waals surface area contributed by atoms with Crippen molar-refractivity contribution in [1.29, 1.82) is 0 Å². The zero-order valence-corrected chi connectivity index (χ0v) is 10.5. The smallest absolute Gasteiger partial charge is 0.320 e. The predicted octanol–water partition coefficient (Wildman–Crippen LogP) is 3.15. The molecule has 1 unspecified atom stereocenters. The van der Waals surface area contributed by atoms with Gasteiger partial charge < -0.3 is 4.74 Å². The topological polar surface area (TPSA) is 26.3 Å². The highest BCUT2D eigenvalue weighted by Crippen LogP contribution is 2.14. The van der Waals surface area contributed by atoms with E-state index in [-0.39, 0.29) is 16.7 Å². The van der Waals surface area contributed by atoms with Crippen molar-refractivity contribution in [2.24, 2.45) is 5.92 Å². The van der Waals surface area contributed by atoms with Crippen LogP contribution in [0.4, 0.5) is 0 Å². The van der Waals surface area contributed by atoms with Crippen LogP contribution in [0.1, 0.15) is 19.4 Å². The van der Waals surface area contributed by atoms with Gasteiger partial charge >= 0.3 is 5.97 Å². The second-order valence-corrected chi connectivity index (χ2v) is 4.73. The minimum Gasteiger partial charge on any atom is -0.460 e. The lowest BCUT2D eigenvalue weighted by molar-refractivity contribution is -0.144. The number of alkyl halides is 1. The van der Waals surface area contributed by atoms with Crippen LogP contribution >= 0.6 is 15.9 Å². The third-order valence-corrected chi connectivity index (χ3v) is 3.47. The quantitative estimate of drug-likeness (QED) is 0.621. The Labute approximate surface area is 98.8 Å². The van der Waals surface area contributed by atoms with E-state index in [2.05, 4.69) is 15.9 Å². The number of hydrogen-bond donors (Lipinski definition) is 0. The van der Waals surface area contributed by atoms with Crippen LogP contribution in [-0.4, -0.2) is 10.8 Å². The lowest BCUT2D eigenvalue weighted by Gasteiger charge is -2.12. The molecule has 0 heterocycles. The summed E-state index contributed by atoms with van der Waals surface area (Å²) in [7, 11) is 0. The molecule has 0 aliphatic carbocycles. The van der Waals surface area contributed by atoms with Gasteiger partial charge in [-0.15, -0.1) is 0 Å². The van der Waals surface area contributed by atoms with Gasteiger partial charge in [-0.1, -0.05) is 60.1 Å². The average molecular weight is 271 g/mol. The van der Waals surface area contributed by atoms with Crippen LogP contribution in [0.15, 0.2) is 30.3 Å². The third kappa shape index (κ3) is 4.04. The molecule has 1 aromatic rings. The average Bonchev–Trinajstić information content (AvgIpc) is 2.26. The van der Waals surface area contributed by atoms with E-state index in [1.54, 1.807) is 0 Å². The molecule has 3 heteroatoms. The summed E-state index contributed by atoms with van der Waals surface area (Å²) < 4.78 is 5.17. The first-order valence-electron chi connectivity index (χ1n) is 4.96. The number of halogens is 1. The van der Waals surface area contributed by atoms with E-state index in [1.807, 2.05) is 44.2 Å². The standard InChI is InChI=1S/C12H15BrO2/c1-9(2)11(13)12(14)15-8-10-6-4-3-5-7-10/h3-7,9,11H,8H2,1-2H3. The molecule has 82 valence electrons. The molecule has 1 rings (SSSR count). The first kappa shape index (κ1) is 12.2. The normalized spacial score (nSPS) is 12.5. The minimum atomic E-state index is -0.221. The van der Waals surface area contributed by atoms with Gasteiger partial charge in [0.25, 0.3) is 0 Å². The summed E-state index contributed by atoms with van der Waals surface area (Å²) in [6, 6.07) is 9.67. The summed E-state index contributed by atoms with van der Waals surface area (Å²) >= 11 is 3.31. The van der Waals surface area contributed by atoms with Crippen molar-refractivity contribution < 1.29 is 9.53 Å². The Balaban J connectivity index is 2.41. The zero-order chi connectivity index (χ0) is 11.3. The summed E-state index contributed by atoms with van der Waals surface area (Å²) in [5.74, 6) is 0.0436. The van der Waals surface area contributed by atoms with E-state index in [0.29, 0.717) is 6.61 Å². The number of rotatable bonds is 4. The third-order valence-electron chi connectivity index (χ3n) is 2.03. The van der Waals surface area contributed by atoms with Crippen molar-refractivity contribution >= 4 is 21.9 Å². The summed E-state index contributed by atoms with van der Waals surface area (Å²) in [5, 5.41) is 0. The van der Waals surface area contributed by atoms with Crippen LogP contribution in [0.3, 0.4) is 0 Å². The van der Waals surface area contributed by atoms with Gasteiger partial charge in [0.2, 0.25) is 0 Å². The summed E-state index contributed by atoms with van der Waals surface area (Å²) in [5.41, 5.74) is 1.01. The van der Waals surface area contributed by atoms with E-state index >= 15 is 0 Å². The van der Waals surface area contributed by atoms with E-state index in [9.17, 15) is 4.79 Å². The molecule has 0 amide bonds. The molecule has 1 atom stereocenters. The highest BCUT2D eigenvalue weighted by molar-refractivity contribution is 9.10. The number of benzene rings is 1. The Hall–Kier alpha value is -0.830. The maximum atomic E-state index is 11.5. The molecule has 15 heavy (non-hydrogen) atoms. The van der Waals surface area contributed by atoms with Crippen LogP contribution in [0.5, 0.6) is 0 Å². The fourth-order valence-corrected chi connectivity index (χ4v) is 1.21. The van der Waals surface area contributed by atoms with Gasteiger partial charge in [0.15, 0.2) is 0 Å². The summed E-state index contributed by atoms with van der Waals surface area (Å²) in [6.07, 6.45) is 0. The number of carbonyl (C=O) groups is 1. The molecule has 0 saturated heterocycles. The Morgan fingerprint density at radius 2 is 1.93 bits per heavy atom. The van der Waals surface area contributed by atoms with Gasteiger partial charge in [0.05, 0.1) is 0 Å². The van der Waals surface area contributed by atoms with Gasteiger partial charge in [-0.25, -0.2) is 0 Å². The molecular weight excluding hydrogens is 256 g/mol. The Bertz CT molecular complexity index is 309. The van der Waals surface area contributed by atoms with Gasteiger partial charge in [0, 0.05) is 0 Å². The molecule has 0 aliphatic rings. The lowest BCUT2D eigenvalue weighted by Crippen LogP contribution is -2.22. The van der Waals surface area contributed by atoms with Gasteiger partial charge in [0.1, 0.15) is 11.4 Å². The van der Waals surface area contributed by atoms with Gasteiger partial charge in [-0.3, -0.25) is 4.79 Å². The molecule has 0 N–H and O–H groups in total. The number of carbonyl (C=O) groups excluding carboxylic acids is 1. The zero-order valence-electron chi connectivity index (χ0n) is 8.94. The molecule has 0 fully saturated rings. The highest BCUT2D eigenvalue weighted by Gasteiger charge is 2.19. The monoisotopic (exact) mass is 270 g/mol. The van der Waals surface area contributed by atoms with E-state index in [4.69, 9.17) is 4.74 Å². The molecule has 0 aromatic heterocycles. The van der Waals surface area contributed by atoms with Crippen molar-refractivity contribution in [2.45, 2.75) is 25.3 Å². The van der Waals surface area contributed by atoms with Crippen LogP contribution < -0.4 is 0 Å². The lowest BCUT2D eigenvalue weighted by atomic mass is 10.1. The first-order chi connectivity index (χ1) is 7.11. The van der Waals surface area contributed by atoms with Crippen molar-refractivity contribution in [3.8, 4) is 0 Å². The Morgan fingerprint density at radius 3 is 2.47 bits per heavy atom. The number of ether oxygens (including phenoxy) is 1. The Kier molecular flexibility index (Phi) is 4.82. The second-order valence-electron chi connectivity index (χ2n) is 3.74. The molecule has 0 spiro atoms. The molecule has 1 aromatic carbocycles. The molecular formula is C12H15BrO2. The maximum absolute atomic E-state index is 11.5. The minimum absolute atomic E-state index is 0.200.